The molecule has 0 unspecified atom stereocenters. The fourth-order valence-electron chi connectivity index (χ4n) is 5.31. The fraction of sp³-hybridized carbons (Fsp3) is 0.462. The van der Waals surface area contributed by atoms with Crippen molar-refractivity contribution in [3.8, 4) is 28.5 Å². The summed E-state index contributed by atoms with van der Waals surface area (Å²) in [6.07, 6.45) is 21.2. The number of hydrogen-bond donors (Lipinski definition) is 1. The lowest BCUT2D eigenvalue weighted by atomic mass is 10.1. The van der Waals surface area contributed by atoms with Gasteiger partial charge in [-0.15, -0.1) is 0 Å². The van der Waals surface area contributed by atoms with Crippen molar-refractivity contribution in [1.29, 1.82) is 0 Å². The van der Waals surface area contributed by atoms with Crippen molar-refractivity contribution in [2.24, 2.45) is 4.99 Å². The van der Waals surface area contributed by atoms with E-state index in [-0.39, 0.29) is 5.75 Å². The smallest absolute Gasteiger partial charge is 0.144 e. The zero-order valence-corrected chi connectivity index (χ0v) is 27.3. The predicted molar refractivity (Wildman–Crippen MR) is 187 cm³/mol. The molecule has 240 valence electrons. The van der Waals surface area contributed by atoms with E-state index in [0.717, 1.165) is 53.1 Å². The van der Waals surface area contributed by atoms with Crippen molar-refractivity contribution in [2.45, 2.75) is 104 Å². The summed E-state index contributed by atoms with van der Waals surface area (Å²) in [6, 6.07) is 19.2. The van der Waals surface area contributed by atoms with E-state index in [1.165, 1.54) is 77.0 Å². The quantitative estimate of drug-likeness (QED) is 0.0751. The standard InChI is InChI=1S/C39H51N3O3/c1-3-5-7-9-11-12-14-15-25-44-33-20-18-32(19-21-33)38-30-41-37-27-31(17-23-35(37)42-38)29-40-36-24-22-34(28-39(36)43)45-26-16-13-10-8-6-4-2/h17-24,27-30,43H,3-16,25-26H2,1-2H3. The largest absolute Gasteiger partial charge is 0.506 e. The molecular weight excluding hydrogens is 558 g/mol. The predicted octanol–water partition coefficient (Wildman–Crippen LogP) is 11.0. The third kappa shape index (κ3) is 11.8. The van der Waals surface area contributed by atoms with Gasteiger partial charge >= 0.3 is 0 Å². The van der Waals surface area contributed by atoms with Crippen molar-refractivity contribution in [3.05, 3.63) is 72.4 Å². The molecule has 0 aliphatic heterocycles. The second-order valence-corrected chi connectivity index (χ2v) is 11.9. The van der Waals surface area contributed by atoms with Gasteiger partial charge in [-0.2, -0.15) is 0 Å². The first kappa shape index (κ1) is 34.0. The van der Waals surface area contributed by atoms with E-state index < -0.39 is 0 Å². The summed E-state index contributed by atoms with van der Waals surface area (Å²) in [5, 5.41) is 10.5. The number of aromatic hydroxyl groups is 1. The van der Waals surface area contributed by atoms with Crippen molar-refractivity contribution in [2.75, 3.05) is 13.2 Å². The summed E-state index contributed by atoms with van der Waals surface area (Å²) in [5.41, 5.74) is 4.80. The number of phenols is 1. The van der Waals surface area contributed by atoms with Crippen LogP contribution >= 0.6 is 0 Å². The van der Waals surface area contributed by atoms with Crippen LogP contribution in [0, 0.1) is 0 Å². The van der Waals surface area contributed by atoms with Crippen LogP contribution in [0.2, 0.25) is 0 Å². The lowest BCUT2D eigenvalue weighted by Gasteiger charge is -2.08. The van der Waals surface area contributed by atoms with Gasteiger partial charge in [0.05, 0.1) is 36.1 Å². The minimum absolute atomic E-state index is 0.0986. The summed E-state index contributed by atoms with van der Waals surface area (Å²) in [7, 11) is 0. The number of unbranched alkanes of at least 4 members (excludes halogenated alkanes) is 12. The molecule has 1 heterocycles. The molecule has 0 aliphatic rings. The summed E-state index contributed by atoms with van der Waals surface area (Å²) < 4.78 is 11.8. The number of aliphatic imine (C=N–C) groups is 1. The Balaban J connectivity index is 1.24. The first-order valence-electron chi connectivity index (χ1n) is 17.2. The molecule has 0 saturated carbocycles. The molecule has 1 N–H and O–H groups in total. The van der Waals surface area contributed by atoms with Crippen molar-refractivity contribution < 1.29 is 14.6 Å². The van der Waals surface area contributed by atoms with Crippen LogP contribution in [0.5, 0.6) is 17.2 Å². The maximum atomic E-state index is 10.5. The van der Waals surface area contributed by atoms with E-state index in [0.29, 0.717) is 18.0 Å². The molecule has 0 bridgehead atoms. The minimum atomic E-state index is 0.0986. The number of rotatable bonds is 21. The van der Waals surface area contributed by atoms with Crippen LogP contribution in [0.25, 0.3) is 22.3 Å². The average Bonchev–Trinajstić information content (AvgIpc) is 3.06. The highest BCUT2D eigenvalue weighted by Crippen LogP contribution is 2.31. The number of nitrogens with zero attached hydrogens (tertiary/aromatic N) is 3. The Bertz CT molecular complexity index is 1450. The molecule has 1 aromatic heterocycles. The van der Waals surface area contributed by atoms with Gasteiger partial charge in [0.25, 0.3) is 0 Å². The van der Waals surface area contributed by atoms with E-state index in [4.69, 9.17) is 14.5 Å². The van der Waals surface area contributed by atoms with Gasteiger partial charge in [-0.3, -0.25) is 9.98 Å². The van der Waals surface area contributed by atoms with Gasteiger partial charge in [-0.05, 0) is 66.9 Å². The molecule has 0 atom stereocenters. The Hall–Kier alpha value is -3.93. The molecule has 0 amide bonds. The number of ether oxygens (including phenoxy) is 2. The highest BCUT2D eigenvalue weighted by molar-refractivity contribution is 5.89. The van der Waals surface area contributed by atoms with E-state index >= 15 is 0 Å². The van der Waals surface area contributed by atoms with Gasteiger partial charge in [0.1, 0.15) is 22.9 Å². The first-order valence-corrected chi connectivity index (χ1v) is 17.2. The van der Waals surface area contributed by atoms with Crippen LogP contribution in [0.4, 0.5) is 5.69 Å². The second-order valence-electron chi connectivity index (χ2n) is 11.9. The molecule has 0 spiro atoms. The highest BCUT2D eigenvalue weighted by Gasteiger charge is 2.06. The van der Waals surface area contributed by atoms with Gasteiger partial charge in [0.15, 0.2) is 0 Å². The Morgan fingerprint density at radius 3 is 1.89 bits per heavy atom. The molecule has 45 heavy (non-hydrogen) atoms. The number of benzene rings is 3. The third-order valence-corrected chi connectivity index (χ3v) is 8.05. The van der Waals surface area contributed by atoms with Gasteiger partial charge in [-0.1, -0.05) is 97.0 Å². The van der Waals surface area contributed by atoms with Gasteiger partial charge in [0.2, 0.25) is 0 Å². The Kier molecular flexibility index (Phi) is 14.7. The lowest BCUT2D eigenvalue weighted by Crippen LogP contribution is -1.97. The van der Waals surface area contributed by atoms with Crippen LogP contribution in [0.1, 0.15) is 109 Å². The molecule has 0 aliphatic carbocycles. The van der Waals surface area contributed by atoms with Crippen LogP contribution in [-0.4, -0.2) is 34.5 Å². The Morgan fingerprint density at radius 2 is 1.24 bits per heavy atom. The van der Waals surface area contributed by atoms with E-state index in [1.807, 2.05) is 48.5 Å². The van der Waals surface area contributed by atoms with Crippen LogP contribution in [-0.2, 0) is 0 Å². The zero-order chi connectivity index (χ0) is 31.5. The summed E-state index contributed by atoms with van der Waals surface area (Å²) >= 11 is 0. The lowest BCUT2D eigenvalue weighted by molar-refractivity contribution is 0.303. The minimum Gasteiger partial charge on any atom is -0.506 e. The van der Waals surface area contributed by atoms with Crippen LogP contribution < -0.4 is 9.47 Å². The molecule has 0 saturated heterocycles. The van der Waals surface area contributed by atoms with Crippen molar-refractivity contribution >= 4 is 22.9 Å². The van der Waals surface area contributed by atoms with Gasteiger partial charge in [0, 0.05) is 17.8 Å². The van der Waals surface area contributed by atoms with E-state index in [9.17, 15) is 5.11 Å². The fourth-order valence-corrected chi connectivity index (χ4v) is 5.31. The summed E-state index contributed by atoms with van der Waals surface area (Å²) in [4.78, 5) is 14.0. The molecule has 0 radical (unpaired) electrons. The summed E-state index contributed by atoms with van der Waals surface area (Å²) in [6.45, 7) is 5.90. The molecule has 0 fully saturated rings. The third-order valence-electron chi connectivity index (χ3n) is 8.05. The van der Waals surface area contributed by atoms with Gasteiger partial charge in [-0.25, -0.2) is 4.98 Å². The van der Waals surface area contributed by atoms with E-state index in [2.05, 4.69) is 23.8 Å². The average molecular weight is 610 g/mol. The number of hydrogen-bond acceptors (Lipinski definition) is 6. The Morgan fingerprint density at radius 1 is 0.644 bits per heavy atom. The highest BCUT2D eigenvalue weighted by atomic mass is 16.5. The van der Waals surface area contributed by atoms with Crippen molar-refractivity contribution in [3.63, 3.8) is 0 Å². The number of fused-ring (bicyclic) bond motifs is 1. The molecular formula is C39H51N3O3. The monoisotopic (exact) mass is 609 g/mol. The molecule has 3 aromatic carbocycles. The van der Waals surface area contributed by atoms with E-state index in [1.54, 1.807) is 24.5 Å². The molecule has 6 heteroatoms. The molecule has 4 aromatic rings. The second kappa shape index (κ2) is 19.5. The summed E-state index contributed by atoms with van der Waals surface area (Å²) in [5.74, 6) is 1.65. The SMILES string of the molecule is CCCCCCCCCCOc1ccc(-c2cnc3cc(C=Nc4ccc(OCCCCCCCC)cc4O)ccc3n2)cc1. The normalized spacial score (nSPS) is 11.4. The zero-order valence-electron chi connectivity index (χ0n) is 27.3. The molecule has 4 rings (SSSR count). The topological polar surface area (TPSA) is 76.8 Å². The van der Waals surface area contributed by atoms with Crippen LogP contribution in [0.15, 0.2) is 71.9 Å². The molecule has 6 nitrogen and oxygen atoms in total. The maximum absolute atomic E-state index is 10.5. The van der Waals surface area contributed by atoms with Gasteiger partial charge < -0.3 is 14.6 Å². The number of aromatic nitrogens is 2. The number of phenolic OH excluding ortho intramolecular Hbond substituents is 1. The van der Waals surface area contributed by atoms with Crippen LogP contribution in [0.3, 0.4) is 0 Å². The van der Waals surface area contributed by atoms with Crippen molar-refractivity contribution in [1.82, 2.24) is 9.97 Å². The maximum Gasteiger partial charge on any atom is 0.144 e. The Labute approximate surface area is 270 Å². The first-order chi connectivity index (χ1) is 22.2.